The predicted octanol–water partition coefficient (Wildman–Crippen LogP) is 1.54. The van der Waals surface area contributed by atoms with Crippen LogP contribution in [0.3, 0.4) is 0 Å². The second kappa shape index (κ2) is 6.28. The first-order chi connectivity index (χ1) is 11.3. The number of rotatable bonds is 3. The Hall–Kier alpha value is -1.95. The number of fused-ring (bicyclic) bond motifs is 1. The monoisotopic (exact) mass is 312 g/mol. The van der Waals surface area contributed by atoms with Gasteiger partial charge in [-0.25, -0.2) is 15.0 Å². The van der Waals surface area contributed by atoms with E-state index in [9.17, 15) is 0 Å². The van der Waals surface area contributed by atoms with E-state index in [-0.39, 0.29) is 0 Å². The van der Waals surface area contributed by atoms with E-state index in [0.29, 0.717) is 0 Å². The van der Waals surface area contributed by atoms with Crippen molar-refractivity contribution in [1.29, 1.82) is 0 Å². The first kappa shape index (κ1) is 14.6. The Kier molecular flexibility index (Phi) is 3.99. The Bertz CT molecular complexity index is 671. The van der Waals surface area contributed by atoms with Crippen molar-refractivity contribution >= 4 is 5.82 Å². The average molecular weight is 312 g/mol. The zero-order chi connectivity index (χ0) is 15.6. The highest BCUT2D eigenvalue weighted by molar-refractivity contribution is 5.49. The van der Waals surface area contributed by atoms with Crippen LogP contribution < -0.4 is 10.2 Å². The van der Waals surface area contributed by atoms with Gasteiger partial charge in [-0.2, -0.15) is 0 Å². The molecule has 2 aliphatic rings. The maximum atomic E-state index is 4.60. The van der Waals surface area contributed by atoms with Crippen LogP contribution in [0, 0.1) is 12.8 Å². The molecular formula is C17H24N6. The highest BCUT2D eigenvalue weighted by Gasteiger charge is 2.24. The molecule has 2 aromatic heterocycles. The third-order valence-electron chi connectivity index (χ3n) is 5.15. The molecule has 122 valence electrons. The minimum absolute atomic E-state index is 0.735. The van der Waals surface area contributed by atoms with Gasteiger partial charge in [-0.15, -0.1) is 0 Å². The maximum Gasteiger partial charge on any atom is 0.135 e. The smallest absolute Gasteiger partial charge is 0.135 e. The van der Waals surface area contributed by atoms with Gasteiger partial charge in [-0.05, 0) is 38.6 Å². The number of nitrogens with zero attached hydrogens (tertiary/aromatic N) is 5. The zero-order valence-corrected chi connectivity index (χ0v) is 13.7. The van der Waals surface area contributed by atoms with E-state index in [4.69, 9.17) is 0 Å². The Morgan fingerprint density at radius 2 is 2.09 bits per heavy atom. The number of imidazole rings is 1. The van der Waals surface area contributed by atoms with Gasteiger partial charge < -0.3 is 14.8 Å². The first-order valence-electron chi connectivity index (χ1n) is 8.57. The van der Waals surface area contributed by atoms with E-state index in [1.807, 2.05) is 6.20 Å². The van der Waals surface area contributed by atoms with Gasteiger partial charge in [0.2, 0.25) is 0 Å². The summed E-state index contributed by atoms with van der Waals surface area (Å²) in [6.45, 7) is 7.26. The molecule has 4 rings (SSSR count). The maximum absolute atomic E-state index is 4.60. The van der Waals surface area contributed by atoms with Crippen LogP contribution in [-0.2, 0) is 19.5 Å². The minimum atomic E-state index is 0.735. The Morgan fingerprint density at radius 3 is 2.87 bits per heavy atom. The summed E-state index contributed by atoms with van der Waals surface area (Å²) in [7, 11) is 0. The molecule has 0 bridgehead atoms. The van der Waals surface area contributed by atoms with E-state index in [1.165, 1.54) is 29.9 Å². The molecule has 0 atom stereocenters. The zero-order valence-electron chi connectivity index (χ0n) is 13.7. The van der Waals surface area contributed by atoms with Gasteiger partial charge in [-0.3, -0.25) is 0 Å². The lowest BCUT2D eigenvalue weighted by molar-refractivity contribution is 0.352. The number of anilines is 1. The quantitative estimate of drug-likeness (QED) is 0.932. The van der Waals surface area contributed by atoms with Gasteiger partial charge in [0.05, 0.1) is 5.69 Å². The second-order valence-electron chi connectivity index (χ2n) is 6.61. The summed E-state index contributed by atoms with van der Waals surface area (Å²) in [5.41, 5.74) is 2.53. The normalized spacial score (nSPS) is 18.9. The third kappa shape index (κ3) is 2.95. The second-order valence-corrected chi connectivity index (χ2v) is 6.61. The van der Waals surface area contributed by atoms with E-state index < -0.39 is 0 Å². The molecule has 23 heavy (non-hydrogen) atoms. The fourth-order valence-corrected chi connectivity index (χ4v) is 3.74. The molecule has 0 saturated carbocycles. The number of aryl methyl sites for hydroxylation is 1. The van der Waals surface area contributed by atoms with E-state index in [0.717, 1.165) is 50.9 Å². The van der Waals surface area contributed by atoms with Crippen LogP contribution in [0.4, 0.5) is 5.82 Å². The van der Waals surface area contributed by atoms with Crippen LogP contribution in [-0.4, -0.2) is 39.2 Å². The topological polar surface area (TPSA) is 58.9 Å². The van der Waals surface area contributed by atoms with Crippen LogP contribution in [0.5, 0.6) is 0 Å². The van der Waals surface area contributed by atoms with Crippen molar-refractivity contribution in [2.75, 3.05) is 24.5 Å². The lowest BCUT2D eigenvalue weighted by atomic mass is 9.96. The summed E-state index contributed by atoms with van der Waals surface area (Å²) in [5, 5.41) is 3.39. The number of hydrogen-bond acceptors (Lipinski definition) is 5. The van der Waals surface area contributed by atoms with E-state index in [2.05, 4.69) is 42.9 Å². The van der Waals surface area contributed by atoms with Crippen molar-refractivity contribution in [2.45, 2.75) is 39.3 Å². The van der Waals surface area contributed by atoms with Crippen LogP contribution >= 0.6 is 0 Å². The molecule has 2 aromatic rings. The summed E-state index contributed by atoms with van der Waals surface area (Å²) in [6, 6.07) is 0. The Labute approximate surface area is 137 Å². The van der Waals surface area contributed by atoms with Gasteiger partial charge >= 0.3 is 0 Å². The van der Waals surface area contributed by atoms with Crippen molar-refractivity contribution in [2.24, 2.45) is 5.92 Å². The lowest BCUT2D eigenvalue weighted by Crippen LogP contribution is -2.37. The molecule has 1 saturated heterocycles. The molecule has 6 nitrogen and oxygen atoms in total. The molecule has 0 aromatic carbocycles. The molecular weight excluding hydrogens is 288 g/mol. The molecule has 0 spiro atoms. The fourth-order valence-electron chi connectivity index (χ4n) is 3.74. The molecule has 4 heterocycles. The highest BCUT2D eigenvalue weighted by Crippen LogP contribution is 2.28. The highest BCUT2D eigenvalue weighted by atomic mass is 15.2. The summed E-state index contributed by atoms with van der Waals surface area (Å²) in [6.07, 6.45) is 9.19. The third-order valence-corrected chi connectivity index (χ3v) is 5.15. The first-order valence-corrected chi connectivity index (χ1v) is 8.57. The van der Waals surface area contributed by atoms with Crippen molar-refractivity contribution in [1.82, 2.24) is 24.8 Å². The predicted molar refractivity (Wildman–Crippen MR) is 89.3 cm³/mol. The van der Waals surface area contributed by atoms with Crippen molar-refractivity contribution in [3.63, 3.8) is 0 Å². The van der Waals surface area contributed by atoms with Crippen molar-refractivity contribution in [3.05, 3.63) is 35.8 Å². The largest absolute Gasteiger partial charge is 0.356 e. The summed E-state index contributed by atoms with van der Waals surface area (Å²) >= 11 is 0. The fraction of sp³-hybridized carbons (Fsp3) is 0.588. The lowest BCUT2D eigenvalue weighted by Gasteiger charge is -2.35. The van der Waals surface area contributed by atoms with Gasteiger partial charge in [-0.1, -0.05) is 0 Å². The number of nitrogens with one attached hydrogen (secondary N) is 1. The summed E-state index contributed by atoms with van der Waals surface area (Å²) in [5.74, 6) is 3.03. The minimum Gasteiger partial charge on any atom is -0.356 e. The molecule has 0 amide bonds. The van der Waals surface area contributed by atoms with E-state index in [1.54, 1.807) is 6.33 Å². The van der Waals surface area contributed by atoms with Gasteiger partial charge in [0.1, 0.15) is 18.0 Å². The summed E-state index contributed by atoms with van der Waals surface area (Å²) in [4.78, 5) is 15.8. The molecule has 6 heteroatoms. The summed E-state index contributed by atoms with van der Waals surface area (Å²) < 4.78 is 2.28. The molecule has 2 aliphatic heterocycles. The van der Waals surface area contributed by atoms with Crippen molar-refractivity contribution < 1.29 is 0 Å². The Morgan fingerprint density at radius 1 is 1.22 bits per heavy atom. The van der Waals surface area contributed by atoms with Crippen LogP contribution in [0.2, 0.25) is 0 Å². The molecule has 1 fully saturated rings. The number of hydrogen-bond donors (Lipinski definition) is 1. The molecule has 0 unspecified atom stereocenters. The van der Waals surface area contributed by atoms with Gasteiger partial charge in [0, 0.05) is 44.1 Å². The molecule has 1 N–H and O–H groups in total. The van der Waals surface area contributed by atoms with Crippen molar-refractivity contribution in [3.8, 4) is 0 Å². The van der Waals surface area contributed by atoms with Gasteiger partial charge in [0.15, 0.2) is 0 Å². The number of aromatic nitrogens is 4. The van der Waals surface area contributed by atoms with Crippen LogP contribution in [0.15, 0.2) is 18.7 Å². The molecule has 0 aliphatic carbocycles. The van der Waals surface area contributed by atoms with Crippen LogP contribution in [0.25, 0.3) is 0 Å². The SMILES string of the molecule is Cc1nccn1CC1CCN(c2ncnc3c2CCNC3)CC1. The van der Waals surface area contributed by atoms with Crippen LogP contribution in [0.1, 0.15) is 29.9 Å². The Balaban J connectivity index is 1.43. The van der Waals surface area contributed by atoms with E-state index >= 15 is 0 Å². The molecule has 0 radical (unpaired) electrons. The number of piperidine rings is 1. The standard InChI is InChI=1S/C17H24N6/c1-13-19-6-9-23(13)11-14-3-7-22(8-4-14)17-15-2-5-18-10-16(15)20-12-21-17/h6,9,12,14,18H,2-5,7-8,10-11H2,1H3. The average Bonchev–Trinajstić information content (AvgIpc) is 3.00. The van der Waals surface area contributed by atoms with Gasteiger partial charge in [0.25, 0.3) is 0 Å².